The van der Waals surface area contributed by atoms with Crippen molar-refractivity contribution in [1.82, 2.24) is 5.32 Å². The highest BCUT2D eigenvalue weighted by Crippen LogP contribution is 2.22. The summed E-state index contributed by atoms with van der Waals surface area (Å²) in [6.45, 7) is 4.47. The van der Waals surface area contributed by atoms with Crippen LogP contribution >= 0.6 is 11.3 Å². The highest BCUT2D eigenvalue weighted by Gasteiger charge is 2.10. The Labute approximate surface area is 120 Å². The molecule has 0 radical (unpaired) electrons. The van der Waals surface area contributed by atoms with E-state index in [1.54, 1.807) is 11.3 Å². The van der Waals surface area contributed by atoms with E-state index >= 15 is 0 Å². The molecule has 0 aliphatic heterocycles. The van der Waals surface area contributed by atoms with Crippen LogP contribution in [0.2, 0.25) is 0 Å². The Morgan fingerprint density at radius 2 is 1.74 bits per heavy atom. The largest absolute Gasteiger partial charge is 0.313 e. The lowest BCUT2D eigenvalue weighted by molar-refractivity contribution is 0.549. The van der Waals surface area contributed by atoms with E-state index in [1.165, 1.54) is 16.7 Å². The van der Waals surface area contributed by atoms with Gasteiger partial charge in [0, 0.05) is 6.04 Å². The first-order chi connectivity index (χ1) is 9.20. The van der Waals surface area contributed by atoms with E-state index in [-0.39, 0.29) is 0 Å². The summed E-state index contributed by atoms with van der Waals surface area (Å²) in [6, 6.07) is 11.7. The summed E-state index contributed by atoms with van der Waals surface area (Å²) in [5, 5.41) is 7.83. The van der Waals surface area contributed by atoms with Crippen LogP contribution < -0.4 is 5.32 Å². The first kappa shape index (κ1) is 14.3. The van der Waals surface area contributed by atoms with E-state index in [0.29, 0.717) is 12.0 Å². The Kier molecular flexibility index (Phi) is 5.17. The van der Waals surface area contributed by atoms with E-state index < -0.39 is 0 Å². The highest BCUT2D eigenvalue weighted by atomic mass is 32.1. The summed E-state index contributed by atoms with van der Waals surface area (Å²) in [5.74, 6) is 0.605. The van der Waals surface area contributed by atoms with Crippen LogP contribution in [0, 0.1) is 0 Å². The number of rotatable bonds is 6. The number of thiophene rings is 1. The molecule has 2 heteroatoms. The van der Waals surface area contributed by atoms with E-state index in [1.807, 2.05) is 0 Å². The smallest absolute Gasteiger partial charge is 0.0320 e. The fourth-order valence-electron chi connectivity index (χ4n) is 2.34. The fourth-order valence-corrected chi connectivity index (χ4v) is 3.04. The average Bonchev–Trinajstić information content (AvgIpc) is 2.93. The summed E-state index contributed by atoms with van der Waals surface area (Å²) in [5.41, 5.74) is 4.25. The molecule has 0 saturated carbocycles. The van der Waals surface area contributed by atoms with Gasteiger partial charge in [0.1, 0.15) is 0 Å². The molecule has 1 aromatic carbocycles. The molecule has 1 aromatic heterocycles. The number of hydrogen-bond acceptors (Lipinski definition) is 2. The topological polar surface area (TPSA) is 12.0 Å². The molecule has 1 atom stereocenters. The molecule has 2 aromatic rings. The quantitative estimate of drug-likeness (QED) is 0.799. The molecular formula is C17H23NS. The Morgan fingerprint density at radius 1 is 1.05 bits per heavy atom. The Bertz CT molecular complexity index is 470. The second kappa shape index (κ2) is 6.88. The van der Waals surface area contributed by atoms with E-state index in [9.17, 15) is 0 Å². The van der Waals surface area contributed by atoms with Crippen molar-refractivity contribution in [3.8, 4) is 0 Å². The normalized spacial score (nSPS) is 12.8. The highest BCUT2D eigenvalue weighted by molar-refractivity contribution is 7.07. The van der Waals surface area contributed by atoms with Crippen LogP contribution in [-0.2, 0) is 6.42 Å². The van der Waals surface area contributed by atoms with Crippen LogP contribution in [-0.4, -0.2) is 7.05 Å². The number of nitrogens with one attached hydrogen (secondary N) is 1. The van der Waals surface area contributed by atoms with Crippen LogP contribution in [0.1, 0.15) is 48.9 Å². The molecule has 19 heavy (non-hydrogen) atoms. The predicted octanol–water partition coefficient (Wildman–Crippen LogP) is 4.76. The molecule has 102 valence electrons. The van der Waals surface area contributed by atoms with Crippen molar-refractivity contribution >= 4 is 11.3 Å². The van der Waals surface area contributed by atoms with Gasteiger partial charge in [-0.2, -0.15) is 11.3 Å². The summed E-state index contributed by atoms with van der Waals surface area (Å²) < 4.78 is 0. The van der Waals surface area contributed by atoms with E-state index in [4.69, 9.17) is 0 Å². The van der Waals surface area contributed by atoms with Gasteiger partial charge in [0.2, 0.25) is 0 Å². The molecule has 1 unspecified atom stereocenters. The summed E-state index contributed by atoms with van der Waals surface area (Å²) in [7, 11) is 2.05. The van der Waals surface area contributed by atoms with E-state index in [2.05, 4.69) is 67.3 Å². The maximum absolute atomic E-state index is 3.43. The zero-order chi connectivity index (χ0) is 13.7. The molecule has 1 N–H and O–H groups in total. The van der Waals surface area contributed by atoms with Crippen LogP contribution in [0.25, 0.3) is 0 Å². The molecule has 0 amide bonds. The first-order valence-corrected chi connectivity index (χ1v) is 7.93. The summed E-state index contributed by atoms with van der Waals surface area (Å²) in [6.07, 6.45) is 2.29. The third kappa shape index (κ3) is 3.92. The second-order valence-corrected chi connectivity index (χ2v) is 6.11. The number of benzene rings is 1. The molecule has 1 nitrogen and oxygen atoms in total. The molecule has 0 aliphatic rings. The van der Waals surface area contributed by atoms with Crippen molar-refractivity contribution < 1.29 is 0 Å². The van der Waals surface area contributed by atoms with Crippen molar-refractivity contribution in [3.63, 3.8) is 0 Å². The minimum atomic E-state index is 0.445. The lowest BCUT2D eigenvalue weighted by atomic mass is 9.96. The fraction of sp³-hybridized carbons (Fsp3) is 0.412. The molecule has 0 aliphatic carbocycles. The molecule has 0 bridgehead atoms. The summed E-state index contributed by atoms with van der Waals surface area (Å²) >= 11 is 1.78. The third-order valence-corrected chi connectivity index (χ3v) is 4.39. The lowest BCUT2D eigenvalue weighted by Crippen LogP contribution is -2.17. The van der Waals surface area contributed by atoms with Crippen LogP contribution in [0.4, 0.5) is 0 Å². The molecular weight excluding hydrogens is 250 g/mol. The van der Waals surface area contributed by atoms with Crippen molar-refractivity contribution in [3.05, 3.63) is 57.8 Å². The predicted molar refractivity (Wildman–Crippen MR) is 85.0 cm³/mol. The van der Waals surface area contributed by atoms with Gasteiger partial charge in [0.15, 0.2) is 0 Å². The van der Waals surface area contributed by atoms with Gasteiger partial charge in [-0.1, -0.05) is 38.1 Å². The standard InChI is InChI=1S/C17H23NS/c1-13(2)15-5-7-16(8-6-15)17(18-3)9-4-14-10-11-19-12-14/h5-8,10-13,17-18H,4,9H2,1-3H3. The minimum Gasteiger partial charge on any atom is -0.313 e. The Balaban J connectivity index is 2.00. The average molecular weight is 273 g/mol. The van der Waals surface area contributed by atoms with E-state index in [0.717, 1.165) is 12.8 Å². The number of aryl methyl sites for hydroxylation is 1. The second-order valence-electron chi connectivity index (χ2n) is 5.33. The molecule has 0 saturated heterocycles. The molecule has 2 rings (SSSR count). The number of hydrogen-bond donors (Lipinski definition) is 1. The third-order valence-electron chi connectivity index (χ3n) is 3.66. The van der Waals surface area contributed by atoms with Gasteiger partial charge in [-0.15, -0.1) is 0 Å². The minimum absolute atomic E-state index is 0.445. The SMILES string of the molecule is CNC(CCc1ccsc1)c1ccc(C(C)C)cc1. The maximum atomic E-state index is 3.43. The van der Waals surface area contributed by atoms with Crippen molar-refractivity contribution in [2.45, 2.75) is 38.6 Å². The lowest BCUT2D eigenvalue weighted by Gasteiger charge is -2.17. The van der Waals surface area contributed by atoms with Gasteiger partial charge >= 0.3 is 0 Å². The van der Waals surface area contributed by atoms with Crippen molar-refractivity contribution in [2.75, 3.05) is 7.05 Å². The zero-order valence-electron chi connectivity index (χ0n) is 12.0. The molecule has 1 heterocycles. The first-order valence-electron chi connectivity index (χ1n) is 6.99. The van der Waals surface area contributed by atoms with Crippen LogP contribution in [0.15, 0.2) is 41.1 Å². The van der Waals surface area contributed by atoms with Gasteiger partial charge < -0.3 is 5.32 Å². The van der Waals surface area contributed by atoms with Gasteiger partial charge in [0.05, 0.1) is 0 Å². The van der Waals surface area contributed by atoms with Crippen molar-refractivity contribution in [2.24, 2.45) is 0 Å². The van der Waals surface area contributed by atoms with Crippen LogP contribution in [0.3, 0.4) is 0 Å². The zero-order valence-corrected chi connectivity index (χ0v) is 12.8. The summed E-state index contributed by atoms with van der Waals surface area (Å²) in [4.78, 5) is 0. The van der Waals surface area contributed by atoms with Gasteiger partial charge in [0.25, 0.3) is 0 Å². The monoisotopic (exact) mass is 273 g/mol. The Morgan fingerprint density at radius 3 is 2.26 bits per heavy atom. The van der Waals surface area contributed by atoms with Crippen molar-refractivity contribution in [1.29, 1.82) is 0 Å². The van der Waals surface area contributed by atoms with Crippen LogP contribution in [0.5, 0.6) is 0 Å². The molecule has 0 spiro atoms. The molecule has 0 fully saturated rings. The Hall–Kier alpha value is -1.12. The maximum Gasteiger partial charge on any atom is 0.0320 e. The van der Waals surface area contributed by atoms with Gasteiger partial charge in [-0.25, -0.2) is 0 Å². The van der Waals surface area contributed by atoms with Gasteiger partial charge in [-0.3, -0.25) is 0 Å². The van der Waals surface area contributed by atoms with Gasteiger partial charge in [-0.05, 0) is 59.3 Å².